The van der Waals surface area contributed by atoms with E-state index in [2.05, 4.69) is 40.8 Å². The molecule has 0 aliphatic carbocycles. The van der Waals surface area contributed by atoms with Crippen LogP contribution in [-0.2, 0) is 10.0 Å². The molecule has 11 heteroatoms. The van der Waals surface area contributed by atoms with Crippen LogP contribution in [0, 0.1) is 19.8 Å². The quantitative estimate of drug-likeness (QED) is 0.303. The van der Waals surface area contributed by atoms with Crippen molar-refractivity contribution in [3.63, 3.8) is 0 Å². The van der Waals surface area contributed by atoms with Crippen LogP contribution in [0.1, 0.15) is 48.7 Å². The largest absolute Gasteiger partial charge is 0.497 e. The first kappa shape index (κ1) is 27.3. The molecule has 1 aliphatic heterocycles. The number of hydrogen-bond donors (Lipinski definition) is 3. The van der Waals surface area contributed by atoms with Gasteiger partial charge in [0.1, 0.15) is 16.5 Å². The highest BCUT2D eigenvalue weighted by Gasteiger charge is 2.39. The van der Waals surface area contributed by atoms with Crippen LogP contribution in [0.2, 0.25) is 0 Å². The molecule has 0 bridgehead atoms. The van der Waals surface area contributed by atoms with Gasteiger partial charge in [0.2, 0.25) is 0 Å². The van der Waals surface area contributed by atoms with Crippen molar-refractivity contribution in [2.45, 2.75) is 51.5 Å². The molecule has 0 saturated carbocycles. The Morgan fingerprint density at radius 2 is 1.87 bits per heavy atom. The van der Waals surface area contributed by atoms with Gasteiger partial charge in [0.05, 0.1) is 18.4 Å². The van der Waals surface area contributed by atoms with Crippen molar-refractivity contribution < 1.29 is 17.9 Å². The fourth-order valence-electron chi connectivity index (χ4n) is 5.32. The van der Waals surface area contributed by atoms with E-state index in [0.29, 0.717) is 24.0 Å². The van der Waals surface area contributed by atoms with Crippen LogP contribution in [0.25, 0.3) is 11.3 Å². The van der Waals surface area contributed by atoms with Crippen molar-refractivity contribution in [3.05, 3.63) is 59.3 Å². The molecule has 3 aromatic rings. The van der Waals surface area contributed by atoms with Crippen LogP contribution < -0.4 is 25.6 Å². The average molecular weight is 539 g/mol. The Balaban J connectivity index is 1.82. The highest BCUT2D eigenvalue weighted by Crippen LogP contribution is 2.39. The van der Waals surface area contributed by atoms with E-state index in [0.717, 1.165) is 28.9 Å². The molecule has 4 rings (SSSR count). The summed E-state index contributed by atoms with van der Waals surface area (Å²) in [7, 11) is -2.65. The number of sulfonamides is 1. The number of ether oxygens (including phenoxy) is 1. The number of aryl methyl sites for hydroxylation is 2. The molecule has 4 N–H and O–H groups in total. The number of nitrogens with zero attached hydrogens (tertiary/aromatic N) is 3. The summed E-state index contributed by atoms with van der Waals surface area (Å²) in [4.78, 5) is 24.3. The maximum absolute atomic E-state index is 13.5. The second-order valence-electron chi connectivity index (χ2n) is 10.4. The van der Waals surface area contributed by atoms with Gasteiger partial charge in [0.25, 0.3) is 15.9 Å². The van der Waals surface area contributed by atoms with Crippen molar-refractivity contribution in [2.24, 2.45) is 11.8 Å². The third kappa shape index (κ3) is 5.16. The summed E-state index contributed by atoms with van der Waals surface area (Å²) in [5.74, 6) is 6.14. The van der Waals surface area contributed by atoms with Crippen LogP contribution in [0.4, 0.5) is 11.6 Å². The van der Waals surface area contributed by atoms with Gasteiger partial charge in [-0.25, -0.2) is 29.0 Å². The number of anilines is 2. The van der Waals surface area contributed by atoms with Crippen molar-refractivity contribution in [1.29, 1.82) is 0 Å². The van der Waals surface area contributed by atoms with Gasteiger partial charge in [-0.2, -0.15) is 0 Å². The summed E-state index contributed by atoms with van der Waals surface area (Å²) < 4.78 is 33.8. The first-order valence-electron chi connectivity index (χ1n) is 12.3. The van der Waals surface area contributed by atoms with Gasteiger partial charge in [-0.05, 0) is 87.6 Å². The number of hydrazine groups is 1. The van der Waals surface area contributed by atoms with Crippen LogP contribution in [0.5, 0.6) is 5.75 Å². The van der Waals surface area contributed by atoms with Crippen molar-refractivity contribution >= 4 is 27.6 Å². The molecule has 38 heavy (non-hydrogen) atoms. The minimum Gasteiger partial charge on any atom is -0.497 e. The van der Waals surface area contributed by atoms with E-state index in [-0.39, 0.29) is 21.8 Å². The van der Waals surface area contributed by atoms with Gasteiger partial charge >= 0.3 is 0 Å². The molecule has 0 radical (unpaired) electrons. The van der Waals surface area contributed by atoms with E-state index in [4.69, 9.17) is 15.6 Å². The Morgan fingerprint density at radius 3 is 2.45 bits per heavy atom. The number of nitrogens with two attached hydrogens (primary N) is 1. The molecular weight excluding hydrogens is 504 g/mol. The molecule has 202 valence electrons. The van der Waals surface area contributed by atoms with Gasteiger partial charge in [-0.3, -0.25) is 4.79 Å². The standard InChI is InChI=1S/C27H34N6O4S/c1-16-14-27(4,5)33(15-16)25-20(26(34)32-38(35,36)22-8-7-11-29-24(22)31-28)9-10-21(30-25)23-17(2)12-19(37-6)13-18(23)3/h7-13,16H,14-15,28H2,1-6H3,(H,29,31)(H,32,34)/t16-/m0/s1. The van der Waals surface area contributed by atoms with Gasteiger partial charge in [-0.15, -0.1) is 0 Å². The molecule has 1 aliphatic rings. The number of nitrogen functional groups attached to an aromatic ring is 1. The van der Waals surface area contributed by atoms with Crippen LogP contribution in [-0.4, -0.2) is 43.5 Å². The number of hydrogen-bond acceptors (Lipinski definition) is 9. The molecule has 1 saturated heterocycles. The number of pyridine rings is 2. The normalized spacial score (nSPS) is 16.8. The average Bonchev–Trinajstić information content (AvgIpc) is 3.14. The first-order valence-corrected chi connectivity index (χ1v) is 13.8. The highest BCUT2D eigenvalue weighted by molar-refractivity contribution is 7.90. The minimum atomic E-state index is -4.28. The molecule has 0 spiro atoms. The SMILES string of the molecule is COc1cc(C)c(-c2ccc(C(=O)NS(=O)(=O)c3cccnc3NN)c(N3C[C@@H](C)CC3(C)C)n2)c(C)c1. The second-order valence-corrected chi connectivity index (χ2v) is 12.0. The summed E-state index contributed by atoms with van der Waals surface area (Å²) in [5, 5.41) is 0. The van der Waals surface area contributed by atoms with Crippen molar-refractivity contribution in [1.82, 2.24) is 14.7 Å². The van der Waals surface area contributed by atoms with E-state index in [1.807, 2.05) is 26.0 Å². The second kappa shape index (κ2) is 10.2. The monoisotopic (exact) mass is 538 g/mol. The lowest BCUT2D eigenvalue weighted by atomic mass is 9.96. The van der Waals surface area contributed by atoms with Gasteiger partial charge in [-0.1, -0.05) is 6.92 Å². The Labute approximate surface area is 223 Å². The Morgan fingerprint density at radius 1 is 1.18 bits per heavy atom. The smallest absolute Gasteiger partial charge is 0.268 e. The fraction of sp³-hybridized carbons (Fsp3) is 0.370. The fourth-order valence-corrected chi connectivity index (χ4v) is 6.41. The molecule has 3 heterocycles. The zero-order chi connectivity index (χ0) is 27.8. The molecular formula is C27H34N6O4S. The summed E-state index contributed by atoms with van der Waals surface area (Å²) in [6, 6.07) is 10.0. The summed E-state index contributed by atoms with van der Waals surface area (Å²) in [6.07, 6.45) is 2.30. The lowest BCUT2D eigenvalue weighted by molar-refractivity contribution is 0.0981. The third-order valence-electron chi connectivity index (χ3n) is 6.87. The number of rotatable bonds is 7. The predicted octanol–water partition coefficient (Wildman–Crippen LogP) is 3.80. The van der Waals surface area contributed by atoms with Gasteiger partial charge in [0.15, 0.2) is 5.82 Å². The Bertz CT molecular complexity index is 1470. The number of amides is 1. The lowest BCUT2D eigenvalue weighted by Crippen LogP contribution is -2.41. The zero-order valence-electron chi connectivity index (χ0n) is 22.5. The summed E-state index contributed by atoms with van der Waals surface area (Å²) in [6.45, 7) is 11.0. The molecule has 10 nitrogen and oxygen atoms in total. The number of carbonyl (C=O) groups excluding carboxylic acids is 1. The van der Waals surface area contributed by atoms with E-state index in [9.17, 15) is 13.2 Å². The predicted molar refractivity (Wildman–Crippen MR) is 148 cm³/mol. The maximum Gasteiger partial charge on any atom is 0.268 e. The van der Waals surface area contributed by atoms with Crippen LogP contribution >= 0.6 is 0 Å². The third-order valence-corrected chi connectivity index (χ3v) is 8.23. The van der Waals surface area contributed by atoms with Crippen molar-refractivity contribution in [2.75, 3.05) is 24.0 Å². The molecule has 1 aromatic carbocycles. The molecule has 2 aromatic heterocycles. The lowest BCUT2D eigenvalue weighted by Gasteiger charge is -2.34. The topological polar surface area (TPSA) is 140 Å². The first-order chi connectivity index (χ1) is 17.9. The van der Waals surface area contributed by atoms with Gasteiger partial charge < -0.3 is 15.1 Å². The zero-order valence-corrected chi connectivity index (χ0v) is 23.3. The van der Waals surface area contributed by atoms with Crippen molar-refractivity contribution in [3.8, 4) is 17.0 Å². The Kier molecular flexibility index (Phi) is 7.35. The number of benzene rings is 1. The van der Waals surface area contributed by atoms with E-state index in [1.165, 1.54) is 18.3 Å². The maximum atomic E-state index is 13.5. The number of nitrogens with one attached hydrogen (secondary N) is 2. The van der Waals surface area contributed by atoms with E-state index < -0.39 is 15.9 Å². The minimum absolute atomic E-state index is 0.0681. The highest BCUT2D eigenvalue weighted by atomic mass is 32.2. The summed E-state index contributed by atoms with van der Waals surface area (Å²) >= 11 is 0. The van der Waals surface area contributed by atoms with E-state index >= 15 is 0 Å². The molecule has 0 unspecified atom stereocenters. The molecule has 1 amide bonds. The molecule has 1 fully saturated rings. The van der Waals surface area contributed by atoms with E-state index in [1.54, 1.807) is 19.2 Å². The number of methoxy groups -OCH3 is 1. The Hall–Kier alpha value is -3.70. The van der Waals surface area contributed by atoms with Crippen LogP contribution in [0.3, 0.4) is 0 Å². The van der Waals surface area contributed by atoms with Crippen LogP contribution in [0.15, 0.2) is 47.5 Å². The molecule has 1 atom stereocenters. The summed E-state index contributed by atoms with van der Waals surface area (Å²) in [5.41, 5.74) is 5.72. The number of carbonyl (C=O) groups is 1. The van der Waals surface area contributed by atoms with Gasteiger partial charge in [0, 0.05) is 23.8 Å². The number of aromatic nitrogens is 2.